The van der Waals surface area contributed by atoms with Crippen LogP contribution in [0.4, 0.5) is 11.5 Å². The molecule has 1 N–H and O–H groups in total. The van der Waals surface area contributed by atoms with Crippen molar-refractivity contribution in [2.75, 3.05) is 49.5 Å². The van der Waals surface area contributed by atoms with Gasteiger partial charge in [0.1, 0.15) is 0 Å². The molecule has 1 aliphatic rings. The highest BCUT2D eigenvalue weighted by Gasteiger charge is 2.25. The molecule has 1 amide bonds. The molecule has 172 valence electrons. The standard InChI is InChI=1S/C24H28N6O3/c1-2-33-24(32)22-23(30(27-26-22)17-19-9-5-3-6-10-19)25-21(31)18-28-13-15-29(16-14-28)20-11-7-4-8-12-20/h3-12H,2,13-18H2,1H3,(H,25,31). The lowest BCUT2D eigenvalue weighted by Crippen LogP contribution is -2.48. The van der Waals surface area contributed by atoms with Gasteiger partial charge in [-0.3, -0.25) is 9.69 Å². The first-order chi connectivity index (χ1) is 16.1. The number of esters is 1. The molecule has 0 bridgehead atoms. The summed E-state index contributed by atoms with van der Waals surface area (Å²) in [6.45, 7) is 5.77. The fourth-order valence-corrected chi connectivity index (χ4v) is 3.82. The van der Waals surface area contributed by atoms with E-state index in [9.17, 15) is 9.59 Å². The van der Waals surface area contributed by atoms with Crippen LogP contribution >= 0.6 is 0 Å². The lowest BCUT2D eigenvalue weighted by Gasteiger charge is -2.35. The number of piperazine rings is 1. The second-order valence-electron chi connectivity index (χ2n) is 7.80. The number of nitrogens with one attached hydrogen (secondary N) is 1. The summed E-state index contributed by atoms with van der Waals surface area (Å²) in [6, 6.07) is 19.9. The van der Waals surface area contributed by atoms with Gasteiger partial charge in [-0.25, -0.2) is 9.48 Å². The van der Waals surface area contributed by atoms with Crippen molar-refractivity contribution in [1.82, 2.24) is 19.9 Å². The molecule has 0 spiro atoms. The van der Waals surface area contributed by atoms with Gasteiger partial charge in [-0.05, 0) is 24.6 Å². The molecule has 1 fully saturated rings. The predicted molar refractivity (Wildman–Crippen MR) is 125 cm³/mol. The third-order valence-electron chi connectivity index (χ3n) is 5.50. The fraction of sp³-hybridized carbons (Fsp3) is 0.333. The molecule has 0 atom stereocenters. The average molecular weight is 449 g/mol. The molecule has 0 aliphatic carbocycles. The minimum Gasteiger partial charge on any atom is -0.461 e. The summed E-state index contributed by atoms with van der Waals surface area (Å²) in [6.07, 6.45) is 0. The third kappa shape index (κ3) is 5.75. The summed E-state index contributed by atoms with van der Waals surface area (Å²) in [7, 11) is 0. The molecule has 4 rings (SSSR count). The Kier molecular flexibility index (Phi) is 7.31. The van der Waals surface area contributed by atoms with Crippen molar-refractivity contribution in [3.8, 4) is 0 Å². The number of anilines is 2. The fourth-order valence-electron chi connectivity index (χ4n) is 3.82. The molecule has 1 aliphatic heterocycles. The Bertz CT molecular complexity index is 1060. The largest absolute Gasteiger partial charge is 0.461 e. The second kappa shape index (κ2) is 10.7. The van der Waals surface area contributed by atoms with E-state index in [1.54, 1.807) is 6.92 Å². The van der Waals surface area contributed by atoms with Crippen molar-refractivity contribution >= 4 is 23.4 Å². The van der Waals surface area contributed by atoms with Crippen LogP contribution in [0.1, 0.15) is 23.0 Å². The van der Waals surface area contributed by atoms with Gasteiger partial charge in [-0.1, -0.05) is 53.7 Å². The monoisotopic (exact) mass is 448 g/mol. The molecule has 33 heavy (non-hydrogen) atoms. The smallest absolute Gasteiger partial charge is 0.362 e. The number of hydrogen-bond acceptors (Lipinski definition) is 7. The van der Waals surface area contributed by atoms with Crippen LogP contribution in [-0.2, 0) is 16.1 Å². The Morgan fingerprint density at radius 3 is 2.30 bits per heavy atom. The van der Waals surface area contributed by atoms with E-state index in [1.165, 1.54) is 10.4 Å². The number of hydrogen-bond donors (Lipinski definition) is 1. The van der Waals surface area contributed by atoms with Crippen LogP contribution in [0.15, 0.2) is 60.7 Å². The summed E-state index contributed by atoms with van der Waals surface area (Å²) in [4.78, 5) is 29.7. The highest BCUT2D eigenvalue weighted by atomic mass is 16.5. The Balaban J connectivity index is 1.41. The molecular weight excluding hydrogens is 420 g/mol. The summed E-state index contributed by atoms with van der Waals surface area (Å²) in [5.41, 5.74) is 2.18. The van der Waals surface area contributed by atoms with Gasteiger partial charge < -0.3 is 15.0 Å². The van der Waals surface area contributed by atoms with Gasteiger partial charge in [0.2, 0.25) is 11.6 Å². The van der Waals surface area contributed by atoms with E-state index < -0.39 is 5.97 Å². The Morgan fingerprint density at radius 2 is 1.64 bits per heavy atom. The Morgan fingerprint density at radius 1 is 0.970 bits per heavy atom. The SMILES string of the molecule is CCOC(=O)c1nnn(Cc2ccccc2)c1NC(=O)CN1CCN(c2ccccc2)CC1. The van der Waals surface area contributed by atoms with Gasteiger partial charge in [0.05, 0.1) is 19.7 Å². The van der Waals surface area contributed by atoms with E-state index in [2.05, 4.69) is 37.6 Å². The number of carbonyl (C=O) groups excluding carboxylic acids is 2. The maximum Gasteiger partial charge on any atom is 0.362 e. The number of nitrogens with zero attached hydrogens (tertiary/aromatic N) is 5. The van der Waals surface area contributed by atoms with Crippen molar-refractivity contribution < 1.29 is 14.3 Å². The topological polar surface area (TPSA) is 92.6 Å². The van der Waals surface area contributed by atoms with E-state index in [1.807, 2.05) is 48.5 Å². The summed E-state index contributed by atoms with van der Waals surface area (Å²) >= 11 is 0. The summed E-state index contributed by atoms with van der Waals surface area (Å²) in [5, 5.41) is 10.9. The highest BCUT2D eigenvalue weighted by Crippen LogP contribution is 2.18. The van der Waals surface area contributed by atoms with Gasteiger partial charge in [0.15, 0.2) is 5.82 Å². The van der Waals surface area contributed by atoms with Crippen molar-refractivity contribution in [2.24, 2.45) is 0 Å². The van der Waals surface area contributed by atoms with E-state index >= 15 is 0 Å². The van der Waals surface area contributed by atoms with E-state index in [0.29, 0.717) is 6.54 Å². The lowest BCUT2D eigenvalue weighted by atomic mass is 10.2. The predicted octanol–water partition coefficient (Wildman–Crippen LogP) is 2.26. The first kappa shape index (κ1) is 22.5. The number of para-hydroxylation sites is 1. The molecule has 2 aromatic carbocycles. The zero-order valence-corrected chi connectivity index (χ0v) is 18.7. The number of ether oxygens (including phenoxy) is 1. The summed E-state index contributed by atoms with van der Waals surface area (Å²) < 4.78 is 6.62. The van der Waals surface area contributed by atoms with Crippen LogP contribution in [0.2, 0.25) is 0 Å². The molecule has 2 heterocycles. The first-order valence-electron chi connectivity index (χ1n) is 11.1. The van der Waals surface area contributed by atoms with Crippen molar-refractivity contribution in [1.29, 1.82) is 0 Å². The van der Waals surface area contributed by atoms with Crippen LogP contribution in [0.5, 0.6) is 0 Å². The molecule has 0 radical (unpaired) electrons. The van der Waals surface area contributed by atoms with Crippen LogP contribution < -0.4 is 10.2 Å². The van der Waals surface area contributed by atoms with E-state index in [0.717, 1.165) is 31.7 Å². The second-order valence-corrected chi connectivity index (χ2v) is 7.80. The summed E-state index contributed by atoms with van der Waals surface area (Å²) in [5.74, 6) is -0.570. The highest BCUT2D eigenvalue weighted by molar-refractivity contribution is 5.99. The molecule has 1 saturated heterocycles. The van der Waals surface area contributed by atoms with Crippen LogP contribution in [-0.4, -0.2) is 71.1 Å². The Hall–Kier alpha value is -3.72. The van der Waals surface area contributed by atoms with Crippen LogP contribution in [0.3, 0.4) is 0 Å². The van der Waals surface area contributed by atoms with Crippen molar-refractivity contribution in [3.05, 3.63) is 71.9 Å². The van der Waals surface area contributed by atoms with E-state index in [4.69, 9.17) is 4.74 Å². The normalized spacial score (nSPS) is 14.2. The maximum absolute atomic E-state index is 12.9. The molecular formula is C24H28N6O3. The first-order valence-corrected chi connectivity index (χ1v) is 11.1. The van der Waals surface area contributed by atoms with Crippen LogP contribution in [0, 0.1) is 0 Å². The molecule has 1 aromatic heterocycles. The zero-order valence-electron chi connectivity index (χ0n) is 18.7. The van der Waals surface area contributed by atoms with Gasteiger partial charge >= 0.3 is 5.97 Å². The van der Waals surface area contributed by atoms with Gasteiger partial charge in [0.25, 0.3) is 0 Å². The number of rotatable bonds is 8. The molecule has 0 unspecified atom stereocenters. The van der Waals surface area contributed by atoms with Crippen molar-refractivity contribution in [2.45, 2.75) is 13.5 Å². The third-order valence-corrected chi connectivity index (χ3v) is 5.50. The zero-order chi connectivity index (χ0) is 23.0. The number of carbonyl (C=O) groups is 2. The molecule has 9 nitrogen and oxygen atoms in total. The average Bonchev–Trinajstić information content (AvgIpc) is 3.23. The lowest BCUT2D eigenvalue weighted by molar-refractivity contribution is -0.117. The minimum atomic E-state index is -0.608. The number of aromatic nitrogens is 3. The molecule has 9 heteroatoms. The van der Waals surface area contributed by atoms with Gasteiger partial charge in [-0.15, -0.1) is 5.10 Å². The molecule has 3 aromatic rings. The van der Waals surface area contributed by atoms with Crippen LogP contribution in [0.25, 0.3) is 0 Å². The minimum absolute atomic E-state index is 0.00929. The van der Waals surface area contributed by atoms with Gasteiger partial charge in [-0.2, -0.15) is 0 Å². The van der Waals surface area contributed by atoms with E-state index in [-0.39, 0.29) is 30.6 Å². The number of amides is 1. The van der Waals surface area contributed by atoms with Crippen molar-refractivity contribution in [3.63, 3.8) is 0 Å². The maximum atomic E-state index is 12.9. The Labute approximate surface area is 192 Å². The quantitative estimate of drug-likeness (QED) is 0.529. The molecule has 0 saturated carbocycles. The number of benzene rings is 2. The van der Waals surface area contributed by atoms with Gasteiger partial charge in [0, 0.05) is 31.9 Å².